The van der Waals surface area contributed by atoms with Crippen molar-refractivity contribution in [2.24, 2.45) is 0 Å². The predicted octanol–water partition coefficient (Wildman–Crippen LogP) is 3.18. The van der Waals surface area contributed by atoms with Crippen LogP contribution in [0.1, 0.15) is 15.9 Å². The zero-order valence-corrected chi connectivity index (χ0v) is 10.7. The first kappa shape index (κ1) is 12.5. The number of ketones is 1. The fraction of sp³-hybridized carbons (Fsp3) is 0.154. The Labute approximate surface area is 109 Å². The maximum absolute atomic E-state index is 12.2. The second-order valence-corrected chi connectivity index (χ2v) is 3.88. The summed E-state index contributed by atoms with van der Waals surface area (Å²) in [4.78, 5) is 12.2. The van der Waals surface area contributed by atoms with Gasteiger partial charge in [0, 0.05) is 0 Å². The van der Waals surface area contributed by atoms with Gasteiger partial charge >= 0.3 is 0 Å². The van der Waals surface area contributed by atoms with E-state index in [4.69, 9.17) is 25.5 Å². The zero-order valence-electron chi connectivity index (χ0n) is 9.90. The van der Waals surface area contributed by atoms with Crippen LogP contribution >= 0.6 is 11.6 Å². The quantitative estimate of drug-likeness (QED) is 0.798. The first-order chi connectivity index (χ1) is 8.69. The van der Waals surface area contributed by atoms with Gasteiger partial charge in [-0.3, -0.25) is 4.79 Å². The second-order valence-electron chi connectivity index (χ2n) is 3.50. The second kappa shape index (κ2) is 5.14. The van der Waals surface area contributed by atoms with E-state index in [-0.39, 0.29) is 10.8 Å². The van der Waals surface area contributed by atoms with E-state index < -0.39 is 0 Å². The Morgan fingerprint density at radius 1 is 1.22 bits per heavy atom. The third-order valence-electron chi connectivity index (χ3n) is 2.51. The van der Waals surface area contributed by atoms with E-state index >= 15 is 0 Å². The van der Waals surface area contributed by atoms with E-state index in [1.54, 1.807) is 18.2 Å². The number of furan rings is 1. The summed E-state index contributed by atoms with van der Waals surface area (Å²) in [5.41, 5.74) is 0.805. The molecule has 2 aromatic rings. The molecule has 0 aliphatic carbocycles. The van der Waals surface area contributed by atoms with Gasteiger partial charge in [0.2, 0.25) is 0 Å². The summed E-state index contributed by atoms with van der Waals surface area (Å²) in [6.07, 6.45) is 2.81. The highest BCUT2D eigenvalue weighted by Crippen LogP contribution is 2.37. The molecule has 94 valence electrons. The van der Waals surface area contributed by atoms with Crippen LogP contribution in [-0.2, 0) is 0 Å². The number of hydrogen-bond donors (Lipinski definition) is 0. The Morgan fingerprint density at radius 3 is 2.56 bits per heavy atom. The van der Waals surface area contributed by atoms with Crippen LogP contribution in [0.3, 0.4) is 0 Å². The lowest BCUT2D eigenvalue weighted by Gasteiger charge is -2.11. The SMILES string of the molecule is COc1ccc(C(=O)c2ccoc2)c(OC)c1Cl. The first-order valence-corrected chi connectivity index (χ1v) is 5.54. The normalized spacial score (nSPS) is 10.2. The van der Waals surface area contributed by atoms with Gasteiger partial charge < -0.3 is 13.9 Å². The van der Waals surface area contributed by atoms with E-state index in [9.17, 15) is 4.79 Å². The molecule has 0 fully saturated rings. The van der Waals surface area contributed by atoms with E-state index in [1.807, 2.05) is 0 Å². The molecule has 0 saturated carbocycles. The molecule has 0 amide bonds. The van der Waals surface area contributed by atoms with E-state index in [0.717, 1.165) is 0 Å². The number of carbonyl (C=O) groups is 1. The number of methoxy groups -OCH3 is 2. The topological polar surface area (TPSA) is 48.7 Å². The van der Waals surface area contributed by atoms with E-state index in [2.05, 4.69) is 0 Å². The Hall–Kier alpha value is -1.94. The van der Waals surface area contributed by atoms with Crippen molar-refractivity contribution in [3.8, 4) is 11.5 Å². The average molecular weight is 267 g/mol. The number of benzene rings is 1. The Balaban J connectivity index is 2.52. The molecule has 2 rings (SSSR count). The lowest BCUT2D eigenvalue weighted by molar-refractivity contribution is 0.103. The van der Waals surface area contributed by atoms with Gasteiger partial charge in [-0.1, -0.05) is 11.6 Å². The minimum absolute atomic E-state index is 0.217. The Morgan fingerprint density at radius 2 is 2.00 bits per heavy atom. The van der Waals surface area contributed by atoms with Gasteiger partial charge in [-0.15, -0.1) is 0 Å². The Kier molecular flexibility index (Phi) is 3.58. The molecule has 1 aromatic carbocycles. The van der Waals surface area contributed by atoms with E-state index in [1.165, 1.54) is 26.7 Å². The number of halogens is 1. The molecule has 4 nitrogen and oxygen atoms in total. The number of carbonyl (C=O) groups excluding carboxylic acids is 1. The van der Waals surface area contributed by atoms with Crippen molar-refractivity contribution in [1.82, 2.24) is 0 Å². The largest absolute Gasteiger partial charge is 0.495 e. The highest BCUT2D eigenvalue weighted by Gasteiger charge is 2.20. The molecule has 0 spiro atoms. The molecule has 1 aromatic heterocycles. The van der Waals surface area contributed by atoms with Crippen LogP contribution in [0.5, 0.6) is 11.5 Å². The summed E-state index contributed by atoms with van der Waals surface area (Å²) < 4.78 is 15.1. The third-order valence-corrected chi connectivity index (χ3v) is 2.87. The fourth-order valence-corrected chi connectivity index (χ4v) is 1.94. The van der Waals surface area contributed by atoms with Crippen LogP contribution in [0.25, 0.3) is 0 Å². The van der Waals surface area contributed by atoms with Crippen LogP contribution in [-0.4, -0.2) is 20.0 Å². The third kappa shape index (κ3) is 2.07. The molecule has 1 heterocycles. The van der Waals surface area contributed by atoms with Crippen LogP contribution in [0.2, 0.25) is 5.02 Å². The van der Waals surface area contributed by atoms with Crippen molar-refractivity contribution in [2.75, 3.05) is 14.2 Å². The van der Waals surface area contributed by atoms with Crippen LogP contribution in [0.15, 0.2) is 35.1 Å². The van der Waals surface area contributed by atoms with Crippen molar-refractivity contribution in [2.45, 2.75) is 0 Å². The summed E-state index contributed by atoms with van der Waals surface area (Å²) in [5.74, 6) is 0.532. The standard InChI is InChI=1S/C13H11ClO4/c1-16-10-4-3-9(13(17-2)11(10)14)12(15)8-5-6-18-7-8/h3-7H,1-2H3. The monoisotopic (exact) mass is 266 g/mol. The molecule has 0 unspecified atom stereocenters. The van der Waals surface area contributed by atoms with Crippen molar-refractivity contribution >= 4 is 17.4 Å². The van der Waals surface area contributed by atoms with Gasteiger partial charge in [-0.05, 0) is 18.2 Å². The van der Waals surface area contributed by atoms with Gasteiger partial charge in [0.05, 0.1) is 31.6 Å². The van der Waals surface area contributed by atoms with Gasteiger partial charge in [0.1, 0.15) is 17.0 Å². The number of hydrogen-bond acceptors (Lipinski definition) is 4. The molecule has 0 saturated heterocycles. The van der Waals surface area contributed by atoms with Gasteiger partial charge in [0.15, 0.2) is 11.5 Å². The molecule has 18 heavy (non-hydrogen) atoms. The van der Waals surface area contributed by atoms with Gasteiger partial charge in [-0.25, -0.2) is 0 Å². The molecule has 0 radical (unpaired) electrons. The highest BCUT2D eigenvalue weighted by molar-refractivity contribution is 6.34. The molecule has 0 aliphatic rings. The maximum Gasteiger partial charge on any atom is 0.200 e. The molecular formula is C13H11ClO4. The lowest BCUT2D eigenvalue weighted by Crippen LogP contribution is -2.04. The highest BCUT2D eigenvalue weighted by atomic mass is 35.5. The molecule has 5 heteroatoms. The minimum Gasteiger partial charge on any atom is -0.495 e. The van der Waals surface area contributed by atoms with Crippen molar-refractivity contribution in [3.63, 3.8) is 0 Å². The van der Waals surface area contributed by atoms with Gasteiger partial charge in [0.25, 0.3) is 0 Å². The van der Waals surface area contributed by atoms with Gasteiger partial charge in [-0.2, -0.15) is 0 Å². The van der Waals surface area contributed by atoms with Crippen molar-refractivity contribution in [3.05, 3.63) is 46.9 Å². The molecule has 0 aliphatic heterocycles. The zero-order chi connectivity index (χ0) is 13.1. The van der Waals surface area contributed by atoms with Crippen LogP contribution in [0.4, 0.5) is 0 Å². The van der Waals surface area contributed by atoms with Crippen LogP contribution < -0.4 is 9.47 Å². The predicted molar refractivity (Wildman–Crippen MR) is 66.7 cm³/mol. The fourth-order valence-electron chi connectivity index (χ4n) is 1.62. The van der Waals surface area contributed by atoms with Crippen molar-refractivity contribution < 1.29 is 18.7 Å². The number of ether oxygens (including phenoxy) is 2. The molecule has 0 atom stereocenters. The molecule has 0 bridgehead atoms. The number of rotatable bonds is 4. The average Bonchev–Trinajstić information content (AvgIpc) is 2.91. The summed E-state index contributed by atoms with van der Waals surface area (Å²) in [5, 5.41) is 0.273. The smallest absolute Gasteiger partial charge is 0.200 e. The molecule has 0 N–H and O–H groups in total. The minimum atomic E-state index is -0.217. The van der Waals surface area contributed by atoms with Crippen LogP contribution in [0, 0.1) is 0 Å². The Bertz CT molecular complexity index is 561. The lowest BCUT2D eigenvalue weighted by atomic mass is 10.0. The molecular weight excluding hydrogens is 256 g/mol. The van der Waals surface area contributed by atoms with E-state index in [0.29, 0.717) is 22.6 Å². The summed E-state index contributed by atoms with van der Waals surface area (Å²) in [7, 11) is 2.95. The summed E-state index contributed by atoms with van der Waals surface area (Å²) in [6.45, 7) is 0. The first-order valence-electron chi connectivity index (χ1n) is 5.16. The van der Waals surface area contributed by atoms with Crippen molar-refractivity contribution in [1.29, 1.82) is 0 Å². The summed E-state index contributed by atoms with van der Waals surface area (Å²) >= 11 is 6.09. The summed E-state index contributed by atoms with van der Waals surface area (Å²) in [6, 6.07) is 4.82. The maximum atomic E-state index is 12.2.